The number of hydrogen-bond donors (Lipinski definition) is 1. The maximum Gasteiger partial charge on any atom is 0.412 e. The first-order valence-corrected chi connectivity index (χ1v) is 2.65. The van der Waals surface area contributed by atoms with Crippen molar-refractivity contribution in [2.45, 2.75) is 6.92 Å². The number of nitrogens with zero attached hydrogens (tertiary/aromatic N) is 1. The van der Waals surface area contributed by atoms with Crippen LogP contribution in [0.15, 0.2) is 4.99 Å². The predicted octanol–water partition coefficient (Wildman–Crippen LogP) is 0.391. The fourth-order valence-electron chi connectivity index (χ4n) is 0.290. The highest BCUT2D eigenvalue weighted by Crippen LogP contribution is 1.71. The summed E-state index contributed by atoms with van der Waals surface area (Å²) in [5, 5.41) is 2.28. The van der Waals surface area contributed by atoms with Crippen molar-refractivity contribution in [1.82, 2.24) is 5.32 Å². The van der Waals surface area contributed by atoms with Crippen molar-refractivity contribution in [1.29, 1.82) is 0 Å². The number of alkyl carbamates (subject to hydrolysis) is 1. The molecule has 0 aliphatic rings. The van der Waals surface area contributed by atoms with Gasteiger partial charge in [0.1, 0.15) is 0 Å². The predicted molar refractivity (Wildman–Crippen MR) is 34.6 cm³/mol. The van der Waals surface area contributed by atoms with E-state index in [1.807, 2.05) is 0 Å². The number of ether oxygens (including phenoxy) is 1. The molecule has 0 heterocycles. The molecule has 9 heavy (non-hydrogen) atoms. The normalized spacial score (nSPS) is 9.56. The fraction of sp³-hybridized carbons (Fsp3) is 0.600. The van der Waals surface area contributed by atoms with Gasteiger partial charge in [0.05, 0.1) is 12.9 Å². The Balaban J connectivity index is 3.27. The molecule has 0 bridgehead atoms. The number of carbonyl (C=O) groups is 1. The number of hydrogen-bond acceptors (Lipinski definition) is 3. The highest BCUT2D eigenvalue weighted by Gasteiger charge is 1.92. The van der Waals surface area contributed by atoms with E-state index in [0.29, 0.717) is 6.61 Å². The third-order valence-electron chi connectivity index (χ3n) is 0.587. The Hall–Kier alpha value is -1.06. The van der Waals surface area contributed by atoms with E-state index in [4.69, 9.17) is 0 Å². The minimum absolute atomic E-state index is 0.378. The van der Waals surface area contributed by atoms with Crippen LogP contribution in [0, 0.1) is 0 Å². The minimum atomic E-state index is -0.469. The molecule has 52 valence electrons. The summed E-state index contributed by atoms with van der Waals surface area (Å²) in [5.41, 5.74) is 0. The number of nitrogens with one attached hydrogen (secondary N) is 1. The molecule has 0 unspecified atom stereocenters. The van der Waals surface area contributed by atoms with Crippen LogP contribution in [0.25, 0.3) is 0 Å². The average molecular weight is 130 g/mol. The second-order valence-corrected chi connectivity index (χ2v) is 1.25. The van der Waals surface area contributed by atoms with Gasteiger partial charge in [-0.3, -0.25) is 10.3 Å². The first kappa shape index (κ1) is 7.94. The van der Waals surface area contributed by atoms with Crippen LogP contribution in [-0.2, 0) is 4.74 Å². The van der Waals surface area contributed by atoms with Crippen molar-refractivity contribution in [2.75, 3.05) is 13.7 Å². The van der Waals surface area contributed by atoms with Gasteiger partial charge >= 0.3 is 6.09 Å². The van der Waals surface area contributed by atoms with Gasteiger partial charge in [0.15, 0.2) is 0 Å². The molecule has 0 aliphatic heterocycles. The molecule has 0 spiro atoms. The quantitative estimate of drug-likeness (QED) is 0.434. The number of carbonyl (C=O) groups excluding carboxylic acids is 1. The molecule has 0 saturated heterocycles. The maximum atomic E-state index is 10.4. The largest absolute Gasteiger partial charge is 0.450 e. The van der Waals surface area contributed by atoms with Gasteiger partial charge in [-0.1, -0.05) is 0 Å². The smallest absolute Gasteiger partial charge is 0.412 e. The standard InChI is InChI=1S/C5H10N2O2/c1-3-9-5(8)7-4-6-2/h4H,3H2,1-2H3,(H,6,7,8). The first-order chi connectivity index (χ1) is 4.31. The van der Waals surface area contributed by atoms with Gasteiger partial charge < -0.3 is 4.74 Å². The molecule has 0 aromatic heterocycles. The number of aliphatic imine (C=N–C) groups is 1. The molecule has 0 aromatic rings. The maximum absolute atomic E-state index is 10.4. The Morgan fingerprint density at radius 2 is 2.56 bits per heavy atom. The van der Waals surface area contributed by atoms with E-state index in [0.717, 1.165) is 0 Å². The van der Waals surface area contributed by atoms with Gasteiger partial charge in [-0.15, -0.1) is 0 Å². The summed E-state index contributed by atoms with van der Waals surface area (Å²) in [6, 6.07) is 0. The zero-order chi connectivity index (χ0) is 7.11. The highest BCUT2D eigenvalue weighted by atomic mass is 16.5. The SMILES string of the molecule is CCOC(=O)NC=NC. The summed E-state index contributed by atoms with van der Waals surface area (Å²) in [7, 11) is 1.56. The van der Waals surface area contributed by atoms with Crippen LogP contribution in [-0.4, -0.2) is 26.1 Å². The van der Waals surface area contributed by atoms with Gasteiger partial charge in [0, 0.05) is 7.05 Å². The van der Waals surface area contributed by atoms with Gasteiger partial charge in [-0.2, -0.15) is 0 Å². The van der Waals surface area contributed by atoms with E-state index in [1.165, 1.54) is 6.34 Å². The highest BCUT2D eigenvalue weighted by molar-refractivity contribution is 5.81. The Morgan fingerprint density at radius 3 is 3.00 bits per heavy atom. The molecular formula is C5H10N2O2. The summed E-state index contributed by atoms with van der Waals surface area (Å²) < 4.78 is 4.50. The summed E-state index contributed by atoms with van der Waals surface area (Å²) in [4.78, 5) is 13.9. The molecule has 0 atom stereocenters. The third kappa shape index (κ3) is 4.80. The zero-order valence-electron chi connectivity index (χ0n) is 5.55. The molecular weight excluding hydrogens is 120 g/mol. The lowest BCUT2D eigenvalue weighted by atomic mass is 10.9. The Kier molecular flexibility index (Phi) is 4.49. The van der Waals surface area contributed by atoms with E-state index >= 15 is 0 Å². The molecule has 0 rings (SSSR count). The lowest BCUT2D eigenvalue weighted by Gasteiger charge is -1.96. The van der Waals surface area contributed by atoms with Crippen LogP contribution in [0.1, 0.15) is 6.92 Å². The molecule has 0 saturated carbocycles. The summed E-state index contributed by atoms with van der Waals surface area (Å²) in [6.45, 7) is 2.12. The first-order valence-electron chi connectivity index (χ1n) is 2.65. The summed E-state index contributed by atoms with van der Waals surface area (Å²) >= 11 is 0. The molecule has 1 amide bonds. The monoisotopic (exact) mass is 130 g/mol. The third-order valence-corrected chi connectivity index (χ3v) is 0.587. The van der Waals surface area contributed by atoms with E-state index in [9.17, 15) is 4.79 Å². The van der Waals surface area contributed by atoms with Crippen LogP contribution < -0.4 is 5.32 Å². The summed E-state index contributed by atoms with van der Waals surface area (Å²) in [6.07, 6.45) is 0.806. The van der Waals surface area contributed by atoms with E-state index < -0.39 is 6.09 Å². The fourth-order valence-corrected chi connectivity index (χ4v) is 0.290. The lowest BCUT2D eigenvalue weighted by Crippen LogP contribution is -2.22. The molecule has 1 N–H and O–H groups in total. The topological polar surface area (TPSA) is 50.7 Å². The number of rotatable bonds is 2. The van der Waals surface area contributed by atoms with Crippen LogP contribution in [0.4, 0.5) is 4.79 Å². The van der Waals surface area contributed by atoms with E-state index in [1.54, 1.807) is 14.0 Å². The van der Waals surface area contributed by atoms with Crippen molar-refractivity contribution in [3.63, 3.8) is 0 Å². The molecule has 0 radical (unpaired) electrons. The second kappa shape index (κ2) is 5.08. The number of amides is 1. The molecule has 0 fully saturated rings. The lowest BCUT2D eigenvalue weighted by molar-refractivity contribution is 0.158. The van der Waals surface area contributed by atoms with Crippen LogP contribution in [0.3, 0.4) is 0 Å². The van der Waals surface area contributed by atoms with Crippen LogP contribution in [0.5, 0.6) is 0 Å². The van der Waals surface area contributed by atoms with Crippen LogP contribution in [0.2, 0.25) is 0 Å². The Labute approximate surface area is 53.9 Å². The van der Waals surface area contributed by atoms with Crippen LogP contribution >= 0.6 is 0 Å². The molecule has 0 aromatic carbocycles. The summed E-state index contributed by atoms with van der Waals surface area (Å²) in [5.74, 6) is 0. The molecule has 4 nitrogen and oxygen atoms in total. The molecule has 0 aliphatic carbocycles. The van der Waals surface area contributed by atoms with E-state index in [2.05, 4.69) is 15.0 Å². The van der Waals surface area contributed by atoms with Crippen molar-refractivity contribution in [2.24, 2.45) is 4.99 Å². The van der Waals surface area contributed by atoms with Gasteiger partial charge in [-0.05, 0) is 6.92 Å². The van der Waals surface area contributed by atoms with Crippen molar-refractivity contribution in [3.8, 4) is 0 Å². The van der Waals surface area contributed by atoms with Crippen molar-refractivity contribution in [3.05, 3.63) is 0 Å². The second-order valence-electron chi connectivity index (χ2n) is 1.25. The minimum Gasteiger partial charge on any atom is -0.450 e. The van der Waals surface area contributed by atoms with Crippen molar-refractivity contribution >= 4 is 12.4 Å². The van der Waals surface area contributed by atoms with Crippen molar-refractivity contribution < 1.29 is 9.53 Å². The molecule has 4 heteroatoms. The zero-order valence-corrected chi connectivity index (χ0v) is 5.55. The Bertz CT molecular complexity index is 112. The van der Waals surface area contributed by atoms with Gasteiger partial charge in [0.2, 0.25) is 0 Å². The Morgan fingerprint density at radius 1 is 1.89 bits per heavy atom. The van der Waals surface area contributed by atoms with Gasteiger partial charge in [0.25, 0.3) is 0 Å². The van der Waals surface area contributed by atoms with Gasteiger partial charge in [-0.25, -0.2) is 4.79 Å². The van der Waals surface area contributed by atoms with E-state index in [-0.39, 0.29) is 0 Å². The average Bonchev–Trinajstić information content (AvgIpc) is 1.85.